The van der Waals surface area contributed by atoms with Gasteiger partial charge in [0.05, 0.1) is 16.8 Å². The Labute approximate surface area is 126 Å². The molecule has 21 heavy (non-hydrogen) atoms. The molecule has 0 spiro atoms. The summed E-state index contributed by atoms with van der Waals surface area (Å²) in [4.78, 5) is 4.62. The van der Waals surface area contributed by atoms with Crippen LogP contribution in [0.1, 0.15) is 5.01 Å². The van der Waals surface area contributed by atoms with Crippen LogP contribution in [0.15, 0.2) is 42.5 Å². The molecule has 1 aliphatic heterocycles. The second-order valence-electron chi connectivity index (χ2n) is 4.79. The highest BCUT2D eigenvalue weighted by Gasteiger charge is 2.11. The average molecular weight is 298 g/mol. The molecule has 0 fully saturated rings. The molecule has 4 nitrogen and oxygen atoms in total. The van der Waals surface area contributed by atoms with Crippen molar-refractivity contribution in [3.05, 3.63) is 47.5 Å². The molecule has 2 aromatic carbocycles. The van der Waals surface area contributed by atoms with E-state index in [9.17, 15) is 0 Å². The largest absolute Gasteiger partial charge is 0.486 e. The number of nitrogens with zero attached hydrogens (tertiary/aromatic N) is 1. The summed E-state index contributed by atoms with van der Waals surface area (Å²) in [6, 6.07) is 14.1. The SMILES string of the molecule is c1ccc2sc(CNc3ccc4c(c3)OCCO4)nc2c1. The van der Waals surface area contributed by atoms with E-state index in [-0.39, 0.29) is 0 Å². The average Bonchev–Trinajstić information content (AvgIpc) is 2.95. The molecular weight excluding hydrogens is 284 g/mol. The van der Waals surface area contributed by atoms with Crippen LogP contribution >= 0.6 is 11.3 Å². The third kappa shape index (κ3) is 2.52. The molecule has 0 radical (unpaired) electrons. The van der Waals surface area contributed by atoms with Gasteiger partial charge in [0.1, 0.15) is 18.2 Å². The third-order valence-corrected chi connectivity index (χ3v) is 4.36. The molecule has 1 aromatic heterocycles. The number of hydrogen-bond donors (Lipinski definition) is 1. The molecule has 1 N–H and O–H groups in total. The van der Waals surface area contributed by atoms with Gasteiger partial charge in [-0.1, -0.05) is 12.1 Å². The monoisotopic (exact) mass is 298 g/mol. The smallest absolute Gasteiger partial charge is 0.163 e. The van der Waals surface area contributed by atoms with Crippen molar-refractivity contribution >= 4 is 27.2 Å². The molecule has 0 saturated carbocycles. The lowest BCUT2D eigenvalue weighted by molar-refractivity contribution is 0.171. The maximum Gasteiger partial charge on any atom is 0.163 e. The highest BCUT2D eigenvalue weighted by Crippen LogP contribution is 2.33. The van der Waals surface area contributed by atoms with Gasteiger partial charge in [-0.3, -0.25) is 0 Å². The first-order chi connectivity index (χ1) is 10.4. The second kappa shape index (κ2) is 5.26. The van der Waals surface area contributed by atoms with Gasteiger partial charge in [-0.2, -0.15) is 0 Å². The molecule has 106 valence electrons. The van der Waals surface area contributed by atoms with Gasteiger partial charge in [0, 0.05) is 11.8 Å². The van der Waals surface area contributed by atoms with Gasteiger partial charge in [-0.15, -0.1) is 11.3 Å². The molecular formula is C16H14N2O2S. The number of hydrogen-bond acceptors (Lipinski definition) is 5. The Kier molecular flexibility index (Phi) is 3.12. The molecule has 4 rings (SSSR count). The van der Waals surface area contributed by atoms with E-state index < -0.39 is 0 Å². The molecule has 0 unspecified atom stereocenters. The van der Waals surface area contributed by atoms with E-state index in [2.05, 4.69) is 16.4 Å². The van der Waals surface area contributed by atoms with Gasteiger partial charge >= 0.3 is 0 Å². The summed E-state index contributed by atoms with van der Waals surface area (Å²) in [6.07, 6.45) is 0. The molecule has 0 bridgehead atoms. The van der Waals surface area contributed by atoms with E-state index in [4.69, 9.17) is 9.47 Å². The Bertz CT molecular complexity index is 752. The number of para-hydroxylation sites is 1. The molecule has 0 amide bonds. The Morgan fingerprint density at radius 1 is 1.05 bits per heavy atom. The van der Waals surface area contributed by atoms with Crippen LogP contribution in [0.4, 0.5) is 5.69 Å². The quantitative estimate of drug-likeness (QED) is 0.801. The van der Waals surface area contributed by atoms with Crippen LogP contribution in [0.3, 0.4) is 0 Å². The first-order valence-corrected chi connectivity index (χ1v) is 7.68. The van der Waals surface area contributed by atoms with Crippen molar-refractivity contribution in [2.75, 3.05) is 18.5 Å². The summed E-state index contributed by atoms with van der Waals surface area (Å²) >= 11 is 1.72. The zero-order valence-electron chi connectivity index (χ0n) is 11.3. The third-order valence-electron chi connectivity index (χ3n) is 3.32. The maximum atomic E-state index is 5.59. The minimum Gasteiger partial charge on any atom is -0.486 e. The van der Waals surface area contributed by atoms with Gasteiger partial charge in [-0.05, 0) is 24.3 Å². The Morgan fingerprint density at radius 2 is 1.90 bits per heavy atom. The molecule has 0 atom stereocenters. The number of rotatable bonds is 3. The Balaban J connectivity index is 1.51. The van der Waals surface area contributed by atoms with Crippen molar-refractivity contribution < 1.29 is 9.47 Å². The maximum absolute atomic E-state index is 5.59. The predicted molar refractivity (Wildman–Crippen MR) is 84.4 cm³/mol. The van der Waals surface area contributed by atoms with Gasteiger partial charge in [0.25, 0.3) is 0 Å². The first kappa shape index (κ1) is 12.5. The lowest BCUT2D eigenvalue weighted by atomic mass is 10.2. The van der Waals surface area contributed by atoms with Crippen molar-refractivity contribution in [3.63, 3.8) is 0 Å². The van der Waals surface area contributed by atoms with Crippen LogP contribution in [-0.2, 0) is 6.54 Å². The van der Waals surface area contributed by atoms with Crippen LogP contribution in [-0.4, -0.2) is 18.2 Å². The van der Waals surface area contributed by atoms with Crippen LogP contribution in [0.25, 0.3) is 10.2 Å². The number of anilines is 1. The number of fused-ring (bicyclic) bond motifs is 2. The van der Waals surface area contributed by atoms with Crippen molar-refractivity contribution in [2.45, 2.75) is 6.54 Å². The van der Waals surface area contributed by atoms with Crippen LogP contribution in [0.2, 0.25) is 0 Å². The Hall–Kier alpha value is -2.27. The fraction of sp³-hybridized carbons (Fsp3) is 0.188. The van der Waals surface area contributed by atoms with Crippen LogP contribution < -0.4 is 14.8 Å². The highest BCUT2D eigenvalue weighted by atomic mass is 32.1. The summed E-state index contributed by atoms with van der Waals surface area (Å²) in [6.45, 7) is 1.93. The molecule has 2 heterocycles. The van der Waals surface area contributed by atoms with Crippen molar-refractivity contribution in [2.24, 2.45) is 0 Å². The summed E-state index contributed by atoms with van der Waals surface area (Å²) in [5, 5.41) is 4.46. The zero-order chi connectivity index (χ0) is 14.1. The van der Waals surface area contributed by atoms with E-state index in [0.29, 0.717) is 19.8 Å². The number of thiazole rings is 1. The van der Waals surface area contributed by atoms with Crippen LogP contribution in [0, 0.1) is 0 Å². The Morgan fingerprint density at radius 3 is 2.81 bits per heavy atom. The van der Waals surface area contributed by atoms with Gasteiger partial charge < -0.3 is 14.8 Å². The summed E-state index contributed by atoms with van der Waals surface area (Å²) in [5.41, 5.74) is 2.07. The molecule has 5 heteroatoms. The van der Waals surface area contributed by atoms with E-state index in [1.165, 1.54) is 4.70 Å². The van der Waals surface area contributed by atoms with Crippen molar-refractivity contribution in [1.82, 2.24) is 4.98 Å². The zero-order valence-corrected chi connectivity index (χ0v) is 12.2. The van der Waals surface area contributed by atoms with Gasteiger partial charge in [-0.25, -0.2) is 4.98 Å². The number of nitrogens with one attached hydrogen (secondary N) is 1. The van der Waals surface area contributed by atoms with Gasteiger partial charge in [0.2, 0.25) is 0 Å². The van der Waals surface area contributed by atoms with Crippen molar-refractivity contribution in [1.29, 1.82) is 0 Å². The molecule has 0 aliphatic carbocycles. The number of benzene rings is 2. The van der Waals surface area contributed by atoms with E-state index in [0.717, 1.165) is 27.7 Å². The topological polar surface area (TPSA) is 43.4 Å². The second-order valence-corrected chi connectivity index (χ2v) is 5.90. The highest BCUT2D eigenvalue weighted by molar-refractivity contribution is 7.18. The summed E-state index contributed by atoms with van der Waals surface area (Å²) < 4.78 is 12.3. The fourth-order valence-electron chi connectivity index (χ4n) is 2.33. The standard InChI is InChI=1S/C16H14N2O2S/c1-2-4-15-12(3-1)18-16(21-15)10-17-11-5-6-13-14(9-11)20-8-7-19-13/h1-6,9,17H,7-8,10H2. The van der Waals surface area contributed by atoms with E-state index in [1.54, 1.807) is 11.3 Å². The summed E-state index contributed by atoms with van der Waals surface area (Å²) in [7, 11) is 0. The minimum absolute atomic E-state index is 0.605. The van der Waals surface area contributed by atoms with Gasteiger partial charge in [0.15, 0.2) is 11.5 Å². The molecule has 0 saturated heterocycles. The van der Waals surface area contributed by atoms with E-state index in [1.807, 2.05) is 36.4 Å². The fourth-order valence-corrected chi connectivity index (χ4v) is 3.23. The number of aromatic nitrogens is 1. The van der Waals surface area contributed by atoms with Crippen molar-refractivity contribution in [3.8, 4) is 11.5 Å². The molecule has 1 aliphatic rings. The molecule has 3 aromatic rings. The minimum atomic E-state index is 0.605. The lowest BCUT2D eigenvalue weighted by Crippen LogP contribution is -2.15. The lowest BCUT2D eigenvalue weighted by Gasteiger charge is -2.19. The van der Waals surface area contributed by atoms with Crippen LogP contribution in [0.5, 0.6) is 11.5 Å². The predicted octanol–water partition coefficient (Wildman–Crippen LogP) is 3.68. The van der Waals surface area contributed by atoms with E-state index >= 15 is 0 Å². The first-order valence-electron chi connectivity index (χ1n) is 6.86. The summed E-state index contributed by atoms with van der Waals surface area (Å²) in [5.74, 6) is 1.61. The number of ether oxygens (including phenoxy) is 2. The normalized spacial score (nSPS) is 13.3.